The van der Waals surface area contributed by atoms with E-state index in [0.717, 1.165) is 12.1 Å². The third-order valence-corrected chi connectivity index (χ3v) is 5.16. The number of nitrogens with two attached hydrogens (primary N) is 1. The van der Waals surface area contributed by atoms with Crippen molar-refractivity contribution in [2.75, 3.05) is 14.2 Å². The largest absolute Gasteiger partial charge is 0.497 e. The number of nitrogens with zero attached hydrogens (tertiary/aromatic N) is 2. The smallest absolute Gasteiger partial charge is 0.416 e. The van der Waals surface area contributed by atoms with E-state index in [9.17, 15) is 18.4 Å². The van der Waals surface area contributed by atoms with Gasteiger partial charge in [-0.25, -0.2) is 0 Å². The molecule has 1 aliphatic heterocycles. The van der Waals surface area contributed by atoms with Crippen LogP contribution in [0.1, 0.15) is 22.6 Å². The van der Waals surface area contributed by atoms with Crippen LogP contribution in [0.25, 0.3) is 11.3 Å². The maximum Gasteiger partial charge on any atom is 0.416 e. The Labute approximate surface area is 180 Å². The molecular formula is C22H17F3N4O3. The second-order valence-corrected chi connectivity index (χ2v) is 6.93. The summed E-state index contributed by atoms with van der Waals surface area (Å²) in [4.78, 5) is 0. The maximum atomic E-state index is 13.4. The van der Waals surface area contributed by atoms with Gasteiger partial charge in [-0.2, -0.15) is 18.4 Å². The van der Waals surface area contributed by atoms with Crippen molar-refractivity contribution in [3.05, 3.63) is 70.6 Å². The fourth-order valence-electron chi connectivity index (χ4n) is 3.69. The van der Waals surface area contributed by atoms with Crippen LogP contribution in [0.3, 0.4) is 0 Å². The van der Waals surface area contributed by atoms with Crippen LogP contribution in [-0.4, -0.2) is 24.4 Å². The third kappa shape index (κ3) is 3.47. The molecule has 0 radical (unpaired) electrons. The monoisotopic (exact) mass is 442 g/mol. The molecule has 1 aliphatic rings. The maximum absolute atomic E-state index is 13.4. The zero-order valence-electron chi connectivity index (χ0n) is 16.9. The van der Waals surface area contributed by atoms with Gasteiger partial charge >= 0.3 is 6.18 Å². The summed E-state index contributed by atoms with van der Waals surface area (Å²) in [7, 11) is 2.98. The predicted molar refractivity (Wildman–Crippen MR) is 108 cm³/mol. The number of H-pyrrole nitrogens is 1. The van der Waals surface area contributed by atoms with Gasteiger partial charge in [-0.3, -0.25) is 5.10 Å². The summed E-state index contributed by atoms with van der Waals surface area (Å²) in [6.45, 7) is 0. The first kappa shape index (κ1) is 21.1. The Kier molecular flexibility index (Phi) is 5.18. The predicted octanol–water partition coefficient (Wildman–Crippen LogP) is 4.33. The Morgan fingerprint density at radius 1 is 1.16 bits per heavy atom. The SMILES string of the molecule is COc1ccc(OC)c(-c2[nH]nc3c2[C@H](c2cccc(C(F)(F)F)c2)C(C#N)=C(N)O3)c1. The molecule has 164 valence electrons. The molecule has 1 aromatic heterocycles. The fraction of sp³-hybridized carbons (Fsp3) is 0.182. The average molecular weight is 442 g/mol. The molecule has 7 nitrogen and oxygen atoms in total. The zero-order chi connectivity index (χ0) is 23.0. The van der Waals surface area contributed by atoms with Crippen LogP contribution < -0.4 is 19.9 Å². The van der Waals surface area contributed by atoms with Crippen molar-refractivity contribution >= 4 is 0 Å². The Balaban J connectivity index is 1.98. The quantitative estimate of drug-likeness (QED) is 0.623. The minimum absolute atomic E-state index is 0.0265. The summed E-state index contributed by atoms with van der Waals surface area (Å²) in [5.74, 6) is -0.134. The van der Waals surface area contributed by atoms with Gasteiger partial charge in [0.05, 0.1) is 37.0 Å². The molecule has 0 aliphatic carbocycles. The van der Waals surface area contributed by atoms with Crippen molar-refractivity contribution in [2.45, 2.75) is 12.1 Å². The number of hydrogen-bond donors (Lipinski definition) is 2. The minimum Gasteiger partial charge on any atom is -0.497 e. The Bertz CT molecular complexity index is 1260. The number of aromatic nitrogens is 2. The molecule has 2 aromatic carbocycles. The number of benzene rings is 2. The van der Waals surface area contributed by atoms with Gasteiger partial charge in [0.15, 0.2) is 0 Å². The number of hydrogen-bond acceptors (Lipinski definition) is 6. The summed E-state index contributed by atoms with van der Waals surface area (Å²) in [5, 5.41) is 16.7. The van der Waals surface area contributed by atoms with E-state index in [-0.39, 0.29) is 22.9 Å². The number of halogens is 3. The number of alkyl halides is 3. The van der Waals surface area contributed by atoms with Crippen LogP contribution >= 0.6 is 0 Å². The molecule has 1 atom stereocenters. The lowest BCUT2D eigenvalue weighted by atomic mass is 9.82. The van der Waals surface area contributed by atoms with Gasteiger partial charge in [0.2, 0.25) is 11.8 Å². The number of nitrogens with one attached hydrogen (secondary N) is 1. The van der Waals surface area contributed by atoms with E-state index >= 15 is 0 Å². The van der Waals surface area contributed by atoms with E-state index in [2.05, 4.69) is 10.2 Å². The highest BCUT2D eigenvalue weighted by molar-refractivity contribution is 5.76. The van der Waals surface area contributed by atoms with Gasteiger partial charge in [-0.05, 0) is 29.8 Å². The topological polar surface area (TPSA) is 106 Å². The summed E-state index contributed by atoms with van der Waals surface area (Å²) in [5.41, 5.74) is 6.56. The molecule has 0 saturated heterocycles. The van der Waals surface area contributed by atoms with Crippen molar-refractivity contribution < 1.29 is 27.4 Å². The van der Waals surface area contributed by atoms with Crippen LogP contribution in [-0.2, 0) is 6.18 Å². The molecule has 0 saturated carbocycles. The molecule has 0 bridgehead atoms. The Morgan fingerprint density at radius 2 is 1.94 bits per heavy atom. The van der Waals surface area contributed by atoms with E-state index in [1.807, 2.05) is 6.07 Å². The molecule has 0 spiro atoms. The molecule has 10 heteroatoms. The Morgan fingerprint density at radius 3 is 2.59 bits per heavy atom. The van der Waals surface area contributed by atoms with Crippen molar-refractivity contribution in [3.63, 3.8) is 0 Å². The van der Waals surface area contributed by atoms with Gasteiger partial charge in [-0.15, -0.1) is 5.10 Å². The second-order valence-electron chi connectivity index (χ2n) is 6.93. The number of nitriles is 1. The number of ether oxygens (including phenoxy) is 3. The van der Waals surface area contributed by atoms with E-state index in [1.165, 1.54) is 26.4 Å². The molecule has 2 heterocycles. The van der Waals surface area contributed by atoms with E-state index in [0.29, 0.717) is 28.3 Å². The highest BCUT2D eigenvalue weighted by Crippen LogP contribution is 2.48. The van der Waals surface area contributed by atoms with Crippen LogP contribution in [0.4, 0.5) is 13.2 Å². The molecule has 0 unspecified atom stereocenters. The molecule has 0 amide bonds. The van der Waals surface area contributed by atoms with Gasteiger partial charge in [0, 0.05) is 5.56 Å². The van der Waals surface area contributed by atoms with E-state index < -0.39 is 17.7 Å². The number of allylic oxidation sites excluding steroid dienone is 1. The normalized spacial score (nSPS) is 15.6. The molecule has 3 aromatic rings. The minimum atomic E-state index is -4.55. The summed E-state index contributed by atoms with van der Waals surface area (Å²) >= 11 is 0. The van der Waals surface area contributed by atoms with E-state index in [1.54, 1.807) is 18.2 Å². The summed E-state index contributed by atoms with van der Waals surface area (Å²) in [6, 6.07) is 11.8. The first-order chi connectivity index (χ1) is 15.3. The molecule has 4 rings (SSSR count). The summed E-state index contributed by atoms with van der Waals surface area (Å²) < 4.78 is 56.4. The van der Waals surface area contributed by atoms with E-state index in [4.69, 9.17) is 19.9 Å². The number of aromatic amines is 1. The standard InChI is InChI=1S/C22H17F3N4O3/c1-30-13-6-7-16(31-2)14(9-13)19-18-17(11-4-3-5-12(8-11)22(23,24)25)15(10-26)20(27)32-21(18)29-28-19/h3-9,17H,27H2,1-2H3,(H,28,29)/t17-/m1/s1. The van der Waals surface area contributed by atoms with Crippen LogP contribution in [0, 0.1) is 11.3 Å². The van der Waals surface area contributed by atoms with Gasteiger partial charge in [0.25, 0.3) is 0 Å². The fourth-order valence-corrected chi connectivity index (χ4v) is 3.69. The Hall–Kier alpha value is -4.13. The second kappa shape index (κ2) is 7.85. The number of fused-ring (bicyclic) bond motifs is 1. The van der Waals surface area contributed by atoms with Gasteiger partial charge in [0.1, 0.15) is 23.1 Å². The van der Waals surface area contributed by atoms with Crippen LogP contribution in [0.15, 0.2) is 53.9 Å². The van der Waals surface area contributed by atoms with Crippen molar-refractivity contribution in [3.8, 4) is 34.7 Å². The van der Waals surface area contributed by atoms with Crippen LogP contribution in [0.5, 0.6) is 17.4 Å². The first-order valence-electron chi connectivity index (χ1n) is 9.33. The lowest BCUT2D eigenvalue weighted by Crippen LogP contribution is -2.21. The first-order valence-corrected chi connectivity index (χ1v) is 9.33. The number of rotatable bonds is 4. The van der Waals surface area contributed by atoms with Crippen LogP contribution in [0.2, 0.25) is 0 Å². The third-order valence-electron chi connectivity index (χ3n) is 5.16. The molecule has 0 fully saturated rings. The lowest BCUT2D eigenvalue weighted by molar-refractivity contribution is -0.137. The summed E-state index contributed by atoms with van der Waals surface area (Å²) in [6.07, 6.45) is -4.55. The molecule has 3 N–H and O–H groups in total. The van der Waals surface area contributed by atoms with Crippen molar-refractivity contribution in [1.29, 1.82) is 5.26 Å². The highest BCUT2D eigenvalue weighted by atomic mass is 19.4. The van der Waals surface area contributed by atoms with Gasteiger partial charge in [-0.1, -0.05) is 18.2 Å². The zero-order valence-corrected chi connectivity index (χ0v) is 16.9. The average Bonchev–Trinajstić information content (AvgIpc) is 3.20. The van der Waals surface area contributed by atoms with Gasteiger partial charge < -0.3 is 19.9 Å². The highest BCUT2D eigenvalue weighted by Gasteiger charge is 2.38. The van der Waals surface area contributed by atoms with Crippen molar-refractivity contribution in [1.82, 2.24) is 10.2 Å². The molecular weight excluding hydrogens is 425 g/mol. The lowest BCUT2D eigenvalue weighted by Gasteiger charge is -2.25. The molecule has 32 heavy (non-hydrogen) atoms. The van der Waals surface area contributed by atoms with Crippen molar-refractivity contribution in [2.24, 2.45) is 5.73 Å². The number of methoxy groups -OCH3 is 2.